The lowest BCUT2D eigenvalue weighted by Crippen LogP contribution is -1.91. The largest absolute Gasteiger partial charge is 0.497 e. The molecule has 0 saturated heterocycles. The van der Waals surface area contributed by atoms with Crippen molar-refractivity contribution in [2.24, 2.45) is 0 Å². The van der Waals surface area contributed by atoms with Crippen LogP contribution in [0.1, 0.15) is 11.5 Å². The summed E-state index contributed by atoms with van der Waals surface area (Å²) in [5.74, 6) is 0.0317. The third-order valence-electron chi connectivity index (χ3n) is 1.71. The number of hydrogen-bond donors (Lipinski definition) is 0. The third-order valence-corrected chi connectivity index (χ3v) is 1.71. The minimum Gasteiger partial charge on any atom is -0.497 e. The maximum Gasteiger partial charge on any atom is 0.158 e. The first kappa shape index (κ1) is 9.09. The molecule has 13 heavy (non-hydrogen) atoms. The molecule has 0 spiro atoms. The first-order valence-corrected chi connectivity index (χ1v) is 3.75. The highest BCUT2D eigenvalue weighted by atomic mass is 16.5. The van der Waals surface area contributed by atoms with Gasteiger partial charge in [-0.3, -0.25) is 0 Å². The number of benzene rings is 1. The predicted molar refractivity (Wildman–Crippen MR) is 47.0 cm³/mol. The van der Waals surface area contributed by atoms with Gasteiger partial charge in [-0.15, -0.1) is 0 Å². The second-order valence-electron chi connectivity index (χ2n) is 2.46. The fourth-order valence-electron chi connectivity index (χ4n) is 0.974. The molecule has 64 valence electrons. The Morgan fingerprint density at radius 1 is 1.15 bits per heavy atom. The summed E-state index contributed by atoms with van der Waals surface area (Å²) in [4.78, 5) is 0. The van der Waals surface area contributed by atoms with Gasteiger partial charge in [0.15, 0.2) is 5.92 Å². The summed E-state index contributed by atoms with van der Waals surface area (Å²) >= 11 is 0. The predicted octanol–water partition coefficient (Wildman–Crippen LogP) is 1.83. The first-order valence-electron chi connectivity index (χ1n) is 3.75. The van der Waals surface area contributed by atoms with E-state index in [0.717, 1.165) is 5.75 Å². The molecular formula is C10H8N2O. The quantitative estimate of drug-likeness (QED) is 0.683. The number of hydrogen-bond acceptors (Lipinski definition) is 3. The van der Waals surface area contributed by atoms with Crippen molar-refractivity contribution in [3.63, 3.8) is 0 Å². The lowest BCUT2D eigenvalue weighted by atomic mass is 10.0. The van der Waals surface area contributed by atoms with E-state index in [9.17, 15) is 0 Å². The summed E-state index contributed by atoms with van der Waals surface area (Å²) in [5, 5.41) is 17.2. The Hall–Kier alpha value is -2.00. The van der Waals surface area contributed by atoms with Crippen molar-refractivity contribution in [2.45, 2.75) is 5.92 Å². The average Bonchev–Trinajstić information content (AvgIpc) is 2.21. The third kappa shape index (κ3) is 1.98. The molecular weight excluding hydrogens is 164 g/mol. The molecule has 1 rings (SSSR count). The molecule has 0 heterocycles. The van der Waals surface area contributed by atoms with Crippen LogP contribution in [0.2, 0.25) is 0 Å². The number of nitrogens with zero attached hydrogens (tertiary/aromatic N) is 2. The van der Waals surface area contributed by atoms with Crippen LogP contribution in [0.4, 0.5) is 0 Å². The minimum atomic E-state index is -0.689. The van der Waals surface area contributed by atoms with E-state index in [0.29, 0.717) is 5.56 Å². The van der Waals surface area contributed by atoms with Crippen LogP contribution in [-0.4, -0.2) is 7.11 Å². The number of ether oxygens (including phenoxy) is 1. The van der Waals surface area contributed by atoms with Crippen LogP contribution in [0.25, 0.3) is 0 Å². The van der Waals surface area contributed by atoms with Gasteiger partial charge in [0.25, 0.3) is 0 Å². The van der Waals surface area contributed by atoms with Crippen molar-refractivity contribution in [1.29, 1.82) is 10.5 Å². The Bertz CT molecular complexity index is 342. The summed E-state index contributed by atoms with van der Waals surface area (Å²) in [5.41, 5.74) is 0.700. The van der Waals surface area contributed by atoms with Crippen LogP contribution in [-0.2, 0) is 0 Å². The van der Waals surface area contributed by atoms with Crippen molar-refractivity contribution in [2.75, 3.05) is 7.11 Å². The summed E-state index contributed by atoms with van der Waals surface area (Å²) in [6.45, 7) is 0. The number of rotatable bonds is 2. The fraction of sp³-hybridized carbons (Fsp3) is 0.200. The Balaban J connectivity index is 2.94. The zero-order valence-corrected chi connectivity index (χ0v) is 7.19. The molecule has 0 atom stereocenters. The van der Waals surface area contributed by atoms with Crippen LogP contribution in [0.5, 0.6) is 5.75 Å². The highest BCUT2D eigenvalue weighted by Crippen LogP contribution is 2.17. The molecule has 0 aliphatic carbocycles. The smallest absolute Gasteiger partial charge is 0.158 e. The van der Waals surface area contributed by atoms with Gasteiger partial charge in [-0.2, -0.15) is 10.5 Å². The maximum atomic E-state index is 8.60. The van der Waals surface area contributed by atoms with Crippen molar-refractivity contribution in [1.82, 2.24) is 0 Å². The zero-order valence-electron chi connectivity index (χ0n) is 7.19. The van der Waals surface area contributed by atoms with Gasteiger partial charge in [0, 0.05) is 0 Å². The Morgan fingerprint density at radius 3 is 2.08 bits per heavy atom. The molecule has 1 aromatic rings. The molecule has 0 unspecified atom stereocenters. The van der Waals surface area contributed by atoms with Gasteiger partial charge < -0.3 is 4.74 Å². The molecule has 3 heteroatoms. The molecule has 0 N–H and O–H groups in total. The van der Waals surface area contributed by atoms with Crippen molar-refractivity contribution in [3.05, 3.63) is 29.8 Å². The molecule has 0 aliphatic heterocycles. The van der Waals surface area contributed by atoms with E-state index in [2.05, 4.69) is 0 Å². The maximum absolute atomic E-state index is 8.60. The standard InChI is InChI=1S/C10H8N2O/c1-13-10-4-2-8(3-5-10)9(6-11)7-12/h2-5,9H,1H3. The normalized spacial score (nSPS) is 8.92. The topological polar surface area (TPSA) is 56.8 Å². The lowest BCUT2D eigenvalue weighted by Gasteiger charge is -2.02. The van der Waals surface area contributed by atoms with Gasteiger partial charge in [-0.1, -0.05) is 12.1 Å². The minimum absolute atomic E-state index is 0.689. The van der Waals surface area contributed by atoms with Crippen LogP contribution < -0.4 is 4.74 Å². The molecule has 1 aromatic carbocycles. The van der Waals surface area contributed by atoms with Gasteiger partial charge in [0.1, 0.15) is 5.75 Å². The fourth-order valence-corrected chi connectivity index (χ4v) is 0.974. The first-order chi connectivity index (χ1) is 6.31. The van der Waals surface area contributed by atoms with E-state index in [4.69, 9.17) is 15.3 Å². The molecule has 0 aliphatic rings. The lowest BCUT2D eigenvalue weighted by molar-refractivity contribution is 0.414. The Morgan fingerprint density at radius 2 is 1.69 bits per heavy atom. The van der Waals surface area contributed by atoms with Crippen LogP contribution in [0.15, 0.2) is 24.3 Å². The molecule has 0 amide bonds. The highest BCUT2D eigenvalue weighted by molar-refractivity contribution is 5.35. The zero-order chi connectivity index (χ0) is 9.68. The van der Waals surface area contributed by atoms with Crippen LogP contribution in [0, 0.1) is 22.7 Å². The molecule has 0 radical (unpaired) electrons. The second-order valence-corrected chi connectivity index (χ2v) is 2.46. The summed E-state index contributed by atoms with van der Waals surface area (Å²) < 4.78 is 4.95. The molecule has 0 fully saturated rings. The Kier molecular flexibility index (Phi) is 2.89. The molecule has 0 aromatic heterocycles. The van der Waals surface area contributed by atoms with Gasteiger partial charge >= 0.3 is 0 Å². The van der Waals surface area contributed by atoms with Gasteiger partial charge in [-0.25, -0.2) is 0 Å². The monoisotopic (exact) mass is 172 g/mol. The van der Waals surface area contributed by atoms with Crippen LogP contribution in [0.3, 0.4) is 0 Å². The molecule has 0 bridgehead atoms. The average molecular weight is 172 g/mol. The number of nitriles is 2. The summed E-state index contributed by atoms with van der Waals surface area (Å²) in [7, 11) is 1.57. The summed E-state index contributed by atoms with van der Waals surface area (Å²) in [6, 6.07) is 10.7. The van der Waals surface area contributed by atoms with E-state index < -0.39 is 5.92 Å². The highest BCUT2D eigenvalue weighted by Gasteiger charge is 2.07. The van der Waals surface area contributed by atoms with E-state index in [1.807, 2.05) is 12.1 Å². The van der Waals surface area contributed by atoms with Crippen LogP contribution >= 0.6 is 0 Å². The van der Waals surface area contributed by atoms with Gasteiger partial charge in [0.05, 0.1) is 19.2 Å². The summed E-state index contributed by atoms with van der Waals surface area (Å²) in [6.07, 6.45) is 0. The Labute approximate surface area is 76.8 Å². The van der Waals surface area contributed by atoms with Gasteiger partial charge in [0.2, 0.25) is 0 Å². The SMILES string of the molecule is COc1ccc(C(C#N)C#N)cc1. The van der Waals surface area contributed by atoms with E-state index in [1.54, 1.807) is 31.4 Å². The van der Waals surface area contributed by atoms with E-state index in [-0.39, 0.29) is 0 Å². The van der Waals surface area contributed by atoms with Crippen molar-refractivity contribution >= 4 is 0 Å². The van der Waals surface area contributed by atoms with Crippen molar-refractivity contribution in [3.8, 4) is 17.9 Å². The number of methoxy groups -OCH3 is 1. The molecule has 3 nitrogen and oxygen atoms in total. The van der Waals surface area contributed by atoms with Gasteiger partial charge in [-0.05, 0) is 17.7 Å². The van der Waals surface area contributed by atoms with E-state index >= 15 is 0 Å². The van der Waals surface area contributed by atoms with Crippen molar-refractivity contribution < 1.29 is 4.74 Å². The molecule has 0 saturated carbocycles. The van der Waals surface area contributed by atoms with E-state index in [1.165, 1.54) is 0 Å². The second kappa shape index (κ2) is 4.13.